The van der Waals surface area contributed by atoms with E-state index in [2.05, 4.69) is 0 Å². The van der Waals surface area contributed by atoms with E-state index in [0.717, 1.165) is 0 Å². The molecule has 9 unspecified atom stereocenters. The minimum Gasteiger partial charge on any atom is -0.394 e. The quantitative estimate of drug-likeness (QED) is 0.248. The molecule has 0 saturated carbocycles. The maximum absolute atomic E-state index is 10.0. The van der Waals surface area contributed by atoms with E-state index in [-0.39, 0.29) is 13.2 Å². The van der Waals surface area contributed by atoms with Crippen LogP contribution in [-0.4, -0.2) is 117 Å². The summed E-state index contributed by atoms with van der Waals surface area (Å²) in [6, 6.07) is 0. The molecule has 2 heterocycles. The molecule has 0 aromatic carbocycles. The SMILES string of the molecule is CC1OC(COCC2(CO)OC(CO)C(O)C2O)C(O)C(O)C1O. The van der Waals surface area contributed by atoms with Crippen LogP contribution in [-0.2, 0) is 14.2 Å². The van der Waals surface area contributed by atoms with E-state index in [0.29, 0.717) is 0 Å². The molecule has 0 aromatic heterocycles. The van der Waals surface area contributed by atoms with Gasteiger partial charge in [0.25, 0.3) is 0 Å². The van der Waals surface area contributed by atoms with Crippen molar-refractivity contribution in [2.24, 2.45) is 0 Å². The molecule has 10 nitrogen and oxygen atoms in total. The van der Waals surface area contributed by atoms with Crippen LogP contribution in [0.25, 0.3) is 0 Å². The van der Waals surface area contributed by atoms with Crippen LogP contribution in [0.1, 0.15) is 6.92 Å². The molecule has 10 heteroatoms. The van der Waals surface area contributed by atoms with E-state index in [1.54, 1.807) is 0 Å². The summed E-state index contributed by atoms with van der Waals surface area (Å²) in [6.45, 7) is -0.196. The van der Waals surface area contributed by atoms with Crippen molar-refractivity contribution in [3.63, 3.8) is 0 Å². The van der Waals surface area contributed by atoms with Gasteiger partial charge in [-0.3, -0.25) is 0 Å². The third-order valence-corrected chi connectivity index (χ3v) is 4.66. The predicted molar refractivity (Wildman–Crippen MR) is 77.0 cm³/mol. The highest BCUT2D eigenvalue weighted by atomic mass is 16.6. The Bertz CT molecular complexity index is 409. The lowest BCUT2D eigenvalue weighted by Crippen LogP contribution is -2.58. The van der Waals surface area contributed by atoms with Crippen molar-refractivity contribution in [3.8, 4) is 0 Å². The third kappa shape index (κ3) is 3.58. The number of aliphatic hydroxyl groups excluding tert-OH is 7. The first-order chi connectivity index (χ1) is 11.3. The van der Waals surface area contributed by atoms with Gasteiger partial charge in [0.15, 0.2) is 0 Å². The Morgan fingerprint density at radius 3 is 2.12 bits per heavy atom. The molecule has 0 radical (unpaired) electrons. The van der Waals surface area contributed by atoms with Gasteiger partial charge in [-0.2, -0.15) is 0 Å². The normalized spacial score (nSPS) is 49.5. The molecule has 9 atom stereocenters. The molecule has 2 aliphatic heterocycles. The number of hydrogen-bond acceptors (Lipinski definition) is 10. The van der Waals surface area contributed by atoms with Gasteiger partial charge in [-0.25, -0.2) is 0 Å². The van der Waals surface area contributed by atoms with Crippen molar-refractivity contribution >= 4 is 0 Å². The summed E-state index contributed by atoms with van der Waals surface area (Å²) in [6.07, 6.45) is -9.51. The highest BCUT2D eigenvalue weighted by Crippen LogP contribution is 2.32. The van der Waals surface area contributed by atoms with Crippen molar-refractivity contribution in [2.45, 2.75) is 61.4 Å². The van der Waals surface area contributed by atoms with Crippen LogP contribution in [0.15, 0.2) is 0 Å². The minimum absolute atomic E-state index is 0.201. The van der Waals surface area contributed by atoms with Gasteiger partial charge in [0.2, 0.25) is 0 Å². The lowest BCUT2D eigenvalue weighted by molar-refractivity contribution is -0.234. The zero-order valence-corrected chi connectivity index (χ0v) is 13.3. The average Bonchev–Trinajstić information content (AvgIpc) is 2.82. The first-order valence-electron chi connectivity index (χ1n) is 7.80. The topological polar surface area (TPSA) is 169 Å². The van der Waals surface area contributed by atoms with Crippen LogP contribution >= 0.6 is 0 Å². The van der Waals surface area contributed by atoms with Gasteiger partial charge < -0.3 is 50.0 Å². The summed E-state index contributed by atoms with van der Waals surface area (Å²) in [7, 11) is 0. The molecule has 142 valence electrons. The average molecular weight is 354 g/mol. The second-order valence-electron chi connectivity index (χ2n) is 6.36. The number of hydrogen-bond donors (Lipinski definition) is 7. The fraction of sp³-hybridized carbons (Fsp3) is 1.00. The zero-order valence-electron chi connectivity index (χ0n) is 13.3. The van der Waals surface area contributed by atoms with Gasteiger partial charge >= 0.3 is 0 Å². The van der Waals surface area contributed by atoms with E-state index in [1.165, 1.54) is 6.92 Å². The lowest BCUT2D eigenvalue weighted by atomic mass is 9.95. The Kier molecular flexibility index (Phi) is 6.53. The van der Waals surface area contributed by atoms with Crippen molar-refractivity contribution < 1.29 is 50.0 Å². The second kappa shape index (κ2) is 7.87. The number of ether oxygens (including phenoxy) is 3. The molecule has 2 saturated heterocycles. The molecule has 0 amide bonds. The van der Waals surface area contributed by atoms with Crippen molar-refractivity contribution in [1.82, 2.24) is 0 Å². The van der Waals surface area contributed by atoms with Crippen LogP contribution in [0, 0.1) is 0 Å². The van der Waals surface area contributed by atoms with Crippen LogP contribution in [0.2, 0.25) is 0 Å². The molecule has 2 rings (SSSR count). The lowest BCUT2D eigenvalue weighted by Gasteiger charge is -2.39. The van der Waals surface area contributed by atoms with E-state index in [1.807, 2.05) is 0 Å². The van der Waals surface area contributed by atoms with Crippen LogP contribution in [0.5, 0.6) is 0 Å². The van der Waals surface area contributed by atoms with E-state index in [4.69, 9.17) is 19.3 Å². The van der Waals surface area contributed by atoms with Crippen molar-refractivity contribution in [3.05, 3.63) is 0 Å². The molecule has 24 heavy (non-hydrogen) atoms. The van der Waals surface area contributed by atoms with Gasteiger partial charge in [-0.1, -0.05) is 0 Å². The standard InChI is InChI=1S/C14H26O10/c1-6-9(17)12(20)10(18)8(23-6)3-22-5-14(4-16)13(21)11(19)7(2-15)24-14/h6-13,15-21H,2-5H2,1H3. The summed E-state index contributed by atoms with van der Waals surface area (Å²) >= 11 is 0. The fourth-order valence-corrected chi connectivity index (χ4v) is 3.02. The summed E-state index contributed by atoms with van der Waals surface area (Å²) in [4.78, 5) is 0. The Labute approximate surface area is 138 Å². The van der Waals surface area contributed by atoms with Crippen LogP contribution in [0.3, 0.4) is 0 Å². The van der Waals surface area contributed by atoms with Crippen LogP contribution in [0.4, 0.5) is 0 Å². The maximum atomic E-state index is 10.0. The highest BCUT2D eigenvalue weighted by molar-refractivity contribution is 5.02. The Hall–Kier alpha value is -0.400. The monoisotopic (exact) mass is 354 g/mol. The van der Waals surface area contributed by atoms with Gasteiger partial charge in [0.05, 0.1) is 32.5 Å². The third-order valence-electron chi connectivity index (χ3n) is 4.66. The summed E-state index contributed by atoms with van der Waals surface area (Å²) in [5, 5.41) is 67.7. The fourth-order valence-electron chi connectivity index (χ4n) is 3.02. The molecule has 0 bridgehead atoms. The van der Waals surface area contributed by atoms with Gasteiger partial charge in [-0.15, -0.1) is 0 Å². The summed E-state index contributed by atoms with van der Waals surface area (Å²) in [5.74, 6) is 0. The zero-order chi connectivity index (χ0) is 18.1. The Morgan fingerprint density at radius 2 is 1.58 bits per heavy atom. The molecule has 0 aliphatic carbocycles. The highest BCUT2D eigenvalue weighted by Gasteiger charge is 2.54. The van der Waals surface area contributed by atoms with E-state index < -0.39 is 67.6 Å². The summed E-state index contributed by atoms with van der Waals surface area (Å²) < 4.78 is 16.0. The van der Waals surface area contributed by atoms with E-state index >= 15 is 0 Å². The maximum Gasteiger partial charge on any atom is 0.143 e. The van der Waals surface area contributed by atoms with Gasteiger partial charge in [0, 0.05) is 0 Å². The summed E-state index contributed by atoms with van der Waals surface area (Å²) in [5.41, 5.74) is -1.61. The van der Waals surface area contributed by atoms with Crippen molar-refractivity contribution in [2.75, 3.05) is 26.4 Å². The molecule has 2 aliphatic rings. The Morgan fingerprint density at radius 1 is 0.917 bits per heavy atom. The second-order valence-corrected chi connectivity index (χ2v) is 6.36. The number of aliphatic hydroxyl groups is 7. The van der Waals surface area contributed by atoms with Gasteiger partial charge in [-0.05, 0) is 6.92 Å². The first kappa shape index (κ1) is 19.9. The number of rotatable bonds is 6. The van der Waals surface area contributed by atoms with Crippen LogP contribution < -0.4 is 0 Å². The predicted octanol–water partition coefficient (Wildman–Crippen LogP) is -4.28. The van der Waals surface area contributed by atoms with E-state index in [9.17, 15) is 30.6 Å². The first-order valence-corrected chi connectivity index (χ1v) is 7.80. The van der Waals surface area contributed by atoms with Gasteiger partial charge in [0.1, 0.15) is 48.3 Å². The molecule has 2 fully saturated rings. The Balaban J connectivity index is 1.93. The minimum atomic E-state index is -1.61. The molecular weight excluding hydrogens is 328 g/mol. The molecule has 0 spiro atoms. The largest absolute Gasteiger partial charge is 0.394 e. The molecule has 0 aromatic rings. The molecular formula is C14H26O10. The smallest absolute Gasteiger partial charge is 0.143 e. The molecule has 7 N–H and O–H groups in total. The van der Waals surface area contributed by atoms with Crippen molar-refractivity contribution in [1.29, 1.82) is 0 Å².